The average Bonchev–Trinajstić information content (AvgIpc) is 3.69. The highest BCUT2D eigenvalue weighted by Gasteiger charge is 2.41. The van der Waals surface area contributed by atoms with Crippen molar-refractivity contribution in [3.05, 3.63) is 198 Å². The second-order valence-corrected chi connectivity index (χ2v) is 12.3. The Labute approximate surface area is 297 Å². The summed E-state index contributed by atoms with van der Waals surface area (Å²) in [6.07, 6.45) is -4.59. The van der Waals surface area contributed by atoms with Crippen LogP contribution in [0.5, 0.6) is 5.75 Å². The maximum absolute atomic E-state index is 13.6. The quantitative estimate of drug-likeness (QED) is 0.141. The zero-order chi connectivity index (χ0) is 35.5. The number of alkyl halides is 3. The molecule has 6 nitrogen and oxygen atoms in total. The number of fused-ring (bicyclic) bond motifs is 1. The Bertz CT molecular complexity index is 2350. The standard InChI is InChI=1S/C43H30F3N5O/c44-43(45,46)40-28-39(37-22-12-13-23-38(37)47-40)52-29-30-24-26-31(27-25-30)35-20-10-11-21-36(35)41-48-50-51(49-41)42(32-14-4-1-5-15-32,33-16-6-2-7-17-33)34-18-8-3-9-19-34/h1-28H,29H2. The predicted molar refractivity (Wildman–Crippen MR) is 194 cm³/mol. The van der Waals surface area contributed by atoms with E-state index in [1.165, 1.54) is 0 Å². The molecule has 2 heterocycles. The van der Waals surface area contributed by atoms with E-state index in [1.54, 1.807) is 29.1 Å². The summed E-state index contributed by atoms with van der Waals surface area (Å²) in [5.41, 5.74) is 4.66. The molecule has 0 fully saturated rings. The average molecular weight is 690 g/mol. The lowest BCUT2D eigenvalue weighted by Gasteiger charge is -2.34. The molecule has 8 rings (SSSR count). The fourth-order valence-electron chi connectivity index (χ4n) is 6.63. The maximum Gasteiger partial charge on any atom is 0.433 e. The molecular formula is C43H30F3N5O. The van der Waals surface area contributed by atoms with Crippen LogP contribution in [0, 0.1) is 0 Å². The van der Waals surface area contributed by atoms with Gasteiger partial charge in [-0.25, -0.2) is 4.98 Å². The van der Waals surface area contributed by atoms with Gasteiger partial charge in [-0.15, -0.1) is 15.0 Å². The van der Waals surface area contributed by atoms with Crippen molar-refractivity contribution in [1.29, 1.82) is 0 Å². The van der Waals surface area contributed by atoms with Crippen LogP contribution in [0.4, 0.5) is 13.2 Å². The second kappa shape index (κ2) is 13.6. The third-order valence-corrected chi connectivity index (χ3v) is 9.08. The molecule has 9 heteroatoms. The summed E-state index contributed by atoms with van der Waals surface area (Å²) < 4.78 is 46.7. The number of para-hydroxylation sites is 1. The van der Waals surface area contributed by atoms with Gasteiger partial charge in [-0.3, -0.25) is 0 Å². The van der Waals surface area contributed by atoms with E-state index in [1.807, 2.05) is 103 Å². The monoisotopic (exact) mass is 689 g/mol. The summed E-state index contributed by atoms with van der Waals surface area (Å²) in [6.45, 7) is 0.0731. The zero-order valence-corrected chi connectivity index (χ0v) is 27.7. The van der Waals surface area contributed by atoms with Gasteiger partial charge in [0.05, 0.1) is 5.52 Å². The first kappa shape index (κ1) is 32.6. The van der Waals surface area contributed by atoms with Crippen LogP contribution in [0.3, 0.4) is 0 Å². The van der Waals surface area contributed by atoms with Crippen molar-refractivity contribution in [2.24, 2.45) is 0 Å². The van der Waals surface area contributed by atoms with Crippen molar-refractivity contribution in [2.75, 3.05) is 0 Å². The molecule has 2 aromatic heterocycles. The minimum atomic E-state index is -4.59. The first-order valence-corrected chi connectivity index (χ1v) is 16.7. The molecule has 0 saturated carbocycles. The van der Waals surface area contributed by atoms with Gasteiger partial charge in [0, 0.05) is 17.0 Å². The molecule has 0 aliphatic heterocycles. The van der Waals surface area contributed by atoms with Crippen LogP contribution in [0.1, 0.15) is 27.9 Å². The van der Waals surface area contributed by atoms with Gasteiger partial charge in [-0.05, 0) is 50.7 Å². The molecule has 0 saturated heterocycles. The number of tetrazole rings is 1. The second-order valence-electron chi connectivity index (χ2n) is 12.3. The highest BCUT2D eigenvalue weighted by atomic mass is 19.4. The Hall–Kier alpha value is -6.61. The van der Waals surface area contributed by atoms with E-state index in [0.717, 1.165) is 45.0 Å². The third-order valence-electron chi connectivity index (χ3n) is 9.08. The number of hydrogen-bond donors (Lipinski definition) is 0. The van der Waals surface area contributed by atoms with E-state index in [9.17, 15) is 13.2 Å². The summed E-state index contributed by atoms with van der Waals surface area (Å²) in [6, 6.07) is 53.7. The highest BCUT2D eigenvalue weighted by Crippen LogP contribution is 2.41. The lowest BCUT2D eigenvalue weighted by atomic mass is 9.77. The molecule has 0 atom stereocenters. The molecule has 6 aromatic carbocycles. The first-order valence-electron chi connectivity index (χ1n) is 16.7. The van der Waals surface area contributed by atoms with E-state index in [4.69, 9.17) is 15.0 Å². The van der Waals surface area contributed by atoms with Gasteiger partial charge in [0.2, 0.25) is 5.82 Å². The minimum Gasteiger partial charge on any atom is -0.488 e. The summed E-state index contributed by atoms with van der Waals surface area (Å²) >= 11 is 0. The van der Waals surface area contributed by atoms with Gasteiger partial charge >= 0.3 is 6.18 Å². The van der Waals surface area contributed by atoms with E-state index >= 15 is 0 Å². The molecule has 254 valence electrons. The van der Waals surface area contributed by atoms with Crippen LogP contribution in [-0.2, 0) is 18.3 Å². The maximum atomic E-state index is 13.6. The van der Waals surface area contributed by atoms with Crippen LogP contribution in [0.25, 0.3) is 33.4 Å². The lowest BCUT2D eigenvalue weighted by Crippen LogP contribution is -2.39. The fourth-order valence-corrected chi connectivity index (χ4v) is 6.63. The Balaban J connectivity index is 1.13. The summed E-state index contributed by atoms with van der Waals surface area (Å²) in [4.78, 5) is 5.48. The molecule has 0 aliphatic carbocycles. The number of hydrogen-bond acceptors (Lipinski definition) is 5. The van der Waals surface area contributed by atoms with Gasteiger partial charge in [0.15, 0.2) is 5.54 Å². The SMILES string of the molecule is FC(F)(F)c1cc(OCc2ccc(-c3ccccc3-c3nnn(C(c4ccccc4)(c4ccccc4)c4ccccc4)n3)cc2)c2ccccc2n1. The van der Waals surface area contributed by atoms with Crippen molar-refractivity contribution in [3.63, 3.8) is 0 Å². The Morgan fingerprint density at radius 3 is 1.71 bits per heavy atom. The molecule has 0 amide bonds. The van der Waals surface area contributed by atoms with Crippen LogP contribution >= 0.6 is 0 Å². The molecule has 0 unspecified atom stereocenters. The summed E-state index contributed by atoms with van der Waals surface area (Å²) in [5.74, 6) is 0.583. The normalized spacial score (nSPS) is 11.8. The van der Waals surface area contributed by atoms with Crippen LogP contribution in [0.15, 0.2) is 170 Å². The Morgan fingerprint density at radius 2 is 1.12 bits per heavy atom. The van der Waals surface area contributed by atoms with E-state index < -0.39 is 17.4 Å². The summed E-state index contributed by atoms with van der Waals surface area (Å²) in [5, 5.41) is 14.9. The topological polar surface area (TPSA) is 65.7 Å². The Morgan fingerprint density at radius 1 is 0.577 bits per heavy atom. The summed E-state index contributed by atoms with van der Waals surface area (Å²) in [7, 11) is 0. The highest BCUT2D eigenvalue weighted by molar-refractivity contribution is 5.85. The van der Waals surface area contributed by atoms with Gasteiger partial charge in [-0.1, -0.05) is 152 Å². The van der Waals surface area contributed by atoms with Crippen molar-refractivity contribution < 1.29 is 17.9 Å². The van der Waals surface area contributed by atoms with Crippen LogP contribution in [-0.4, -0.2) is 25.2 Å². The van der Waals surface area contributed by atoms with Gasteiger partial charge in [0.1, 0.15) is 18.1 Å². The van der Waals surface area contributed by atoms with Crippen molar-refractivity contribution >= 4 is 10.9 Å². The first-order chi connectivity index (χ1) is 25.4. The minimum absolute atomic E-state index is 0.0731. The van der Waals surface area contributed by atoms with E-state index in [0.29, 0.717) is 11.2 Å². The molecule has 0 spiro atoms. The zero-order valence-electron chi connectivity index (χ0n) is 27.7. The number of halogens is 3. The van der Waals surface area contributed by atoms with E-state index in [2.05, 4.69) is 46.5 Å². The van der Waals surface area contributed by atoms with Crippen LogP contribution in [0.2, 0.25) is 0 Å². The molecule has 8 aromatic rings. The van der Waals surface area contributed by atoms with Gasteiger partial charge in [0.25, 0.3) is 0 Å². The predicted octanol–water partition coefficient (Wildman–Crippen LogP) is 9.99. The number of rotatable bonds is 9. The number of benzene rings is 6. The smallest absolute Gasteiger partial charge is 0.433 e. The molecule has 0 N–H and O–H groups in total. The van der Waals surface area contributed by atoms with Gasteiger partial charge in [-0.2, -0.15) is 13.2 Å². The molecule has 52 heavy (non-hydrogen) atoms. The molecule has 0 bridgehead atoms. The van der Waals surface area contributed by atoms with E-state index in [-0.39, 0.29) is 17.9 Å². The number of ether oxygens (including phenoxy) is 1. The van der Waals surface area contributed by atoms with Gasteiger partial charge < -0.3 is 4.74 Å². The van der Waals surface area contributed by atoms with Crippen molar-refractivity contribution in [2.45, 2.75) is 18.3 Å². The Kier molecular flexibility index (Phi) is 8.52. The van der Waals surface area contributed by atoms with Crippen molar-refractivity contribution in [1.82, 2.24) is 25.2 Å². The third kappa shape index (κ3) is 6.06. The molecule has 0 radical (unpaired) electrons. The fraction of sp³-hybridized carbons (Fsp3) is 0.0698. The molecular weight excluding hydrogens is 660 g/mol. The van der Waals surface area contributed by atoms with Crippen molar-refractivity contribution in [3.8, 4) is 28.3 Å². The largest absolute Gasteiger partial charge is 0.488 e. The lowest BCUT2D eigenvalue weighted by molar-refractivity contribution is -0.141. The van der Waals surface area contributed by atoms with Crippen LogP contribution < -0.4 is 4.74 Å². The molecule has 0 aliphatic rings. The number of pyridine rings is 1. The number of nitrogens with zero attached hydrogens (tertiary/aromatic N) is 5. The number of aromatic nitrogens is 5.